The molecule has 1 aliphatic carbocycles. The molecule has 7 nitrogen and oxygen atoms in total. The molecular formula is C25H33N3O4. The summed E-state index contributed by atoms with van der Waals surface area (Å²) < 4.78 is 23.2. The molecule has 1 N–H and O–H groups in total. The molecule has 172 valence electrons. The van der Waals surface area contributed by atoms with Crippen LogP contribution in [0.2, 0.25) is 0 Å². The largest absolute Gasteiger partial charge is 0.486 e. The van der Waals surface area contributed by atoms with Gasteiger partial charge in [0.05, 0.1) is 12.2 Å². The van der Waals surface area contributed by atoms with E-state index in [1.807, 2.05) is 24.4 Å². The van der Waals surface area contributed by atoms with Crippen molar-refractivity contribution in [2.45, 2.75) is 51.5 Å². The average molecular weight is 440 g/mol. The molecule has 7 heteroatoms. The number of ether oxygens (including phenoxy) is 4. The Labute approximate surface area is 189 Å². The molecule has 1 saturated carbocycles. The van der Waals surface area contributed by atoms with E-state index in [1.54, 1.807) is 0 Å². The number of anilines is 1. The summed E-state index contributed by atoms with van der Waals surface area (Å²) in [5.41, 5.74) is 1.84. The highest BCUT2D eigenvalue weighted by Crippen LogP contribution is 2.37. The zero-order valence-corrected chi connectivity index (χ0v) is 18.8. The molecule has 0 radical (unpaired) electrons. The lowest BCUT2D eigenvalue weighted by Gasteiger charge is -2.27. The molecular weight excluding hydrogens is 406 g/mol. The molecule has 1 aromatic heterocycles. The van der Waals surface area contributed by atoms with Crippen LogP contribution in [0, 0.1) is 11.8 Å². The molecule has 2 aromatic rings. The summed E-state index contributed by atoms with van der Waals surface area (Å²) in [5, 5.41) is 3.54. The van der Waals surface area contributed by atoms with Crippen molar-refractivity contribution in [3.05, 3.63) is 24.4 Å². The second-order valence-corrected chi connectivity index (χ2v) is 9.24. The molecule has 2 fully saturated rings. The van der Waals surface area contributed by atoms with Gasteiger partial charge in [0.1, 0.15) is 13.2 Å². The van der Waals surface area contributed by atoms with Gasteiger partial charge in [-0.1, -0.05) is 13.0 Å². The molecule has 5 rings (SSSR count). The van der Waals surface area contributed by atoms with E-state index in [9.17, 15) is 0 Å². The summed E-state index contributed by atoms with van der Waals surface area (Å²) in [4.78, 5) is 9.45. The third kappa shape index (κ3) is 5.09. The van der Waals surface area contributed by atoms with Crippen LogP contribution in [0.4, 0.5) is 5.95 Å². The van der Waals surface area contributed by atoms with E-state index in [2.05, 4.69) is 17.2 Å². The van der Waals surface area contributed by atoms with Gasteiger partial charge in [0, 0.05) is 25.5 Å². The topological polar surface area (TPSA) is 74.7 Å². The van der Waals surface area contributed by atoms with Crippen LogP contribution in [0.5, 0.6) is 17.4 Å². The lowest BCUT2D eigenvalue weighted by Crippen LogP contribution is -2.26. The van der Waals surface area contributed by atoms with Crippen molar-refractivity contribution in [3.63, 3.8) is 0 Å². The fourth-order valence-electron chi connectivity index (χ4n) is 4.65. The predicted octanol–water partition coefficient (Wildman–Crippen LogP) is 4.71. The quantitative estimate of drug-likeness (QED) is 0.699. The first-order valence-corrected chi connectivity index (χ1v) is 12.0. The van der Waals surface area contributed by atoms with E-state index in [1.165, 1.54) is 12.8 Å². The molecule has 3 heterocycles. The summed E-state index contributed by atoms with van der Waals surface area (Å²) >= 11 is 0. The first kappa shape index (κ1) is 21.3. The van der Waals surface area contributed by atoms with Gasteiger partial charge in [-0.2, -0.15) is 4.98 Å². The van der Waals surface area contributed by atoms with Crippen molar-refractivity contribution < 1.29 is 18.9 Å². The first-order valence-electron chi connectivity index (χ1n) is 12.0. The Kier molecular flexibility index (Phi) is 6.62. The molecule has 0 bridgehead atoms. The van der Waals surface area contributed by atoms with Crippen LogP contribution in [0.15, 0.2) is 24.4 Å². The fourth-order valence-corrected chi connectivity index (χ4v) is 4.65. The maximum Gasteiger partial charge on any atom is 0.226 e. The number of rotatable bonds is 6. The Hall–Kier alpha value is -2.54. The van der Waals surface area contributed by atoms with Crippen LogP contribution in [0.25, 0.3) is 11.1 Å². The molecule has 0 spiro atoms. The highest BCUT2D eigenvalue weighted by molar-refractivity contribution is 5.71. The molecule has 0 atom stereocenters. The normalized spacial score (nSPS) is 23.5. The smallest absolute Gasteiger partial charge is 0.226 e. The minimum atomic E-state index is 0.426. The number of fused-ring (bicyclic) bond motifs is 1. The monoisotopic (exact) mass is 439 g/mol. The van der Waals surface area contributed by atoms with Gasteiger partial charge in [-0.05, 0) is 68.1 Å². The number of aromatic nitrogens is 2. The molecule has 1 aromatic carbocycles. The molecule has 1 saturated heterocycles. The Morgan fingerprint density at radius 1 is 0.969 bits per heavy atom. The van der Waals surface area contributed by atoms with Crippen LogP contribution in [0.1, 0.15) is 45.4 Å². The van der Waals surface area contributed by atoms with Crippen molar-refractivity contribution in [2.75, 3.05) is 38.4 Å². The minimum absolute atomic E-state index is 0.426. The number of nitrogens with zero attached hydrogens (tertiary/aromatic N) is 2. The van der Waals surface area contributed by atoms with Gasteiger partial charge in [0.2, 0.25) is 11.8 Å². The van der Waals surface area contributed by atoms with Crippen molar-refractivity contribution in [1.82, 2.24) is 9.97 Å². The van der Waals surface area contributed by atoms with Gasteiger partial charge in [-0.15, -0.1) is 0 Å². The van der Waals surface area contributed by atoms with Gasteiger partial charge in [-0.25, -0.2) is 4.98 Å². The van der Waals surface area contributed by atoms with Gasteiger partial charge >= 0.3 is 0 Å². The first-order chi connectivity index (χ1) is 15.7. The Morgan fingerprint density at radius 3 is 2.56 bits per heavy atom. The van der Waals surface area contributed by atoms with Crippen molar-refractivity contribution >= 4 is 5.95 Å². The fraction of sp³-hybridized carbons (Fsp3) is 0.600. The highest BCUT2D eigenvalue weighted by atomic mass is 16.6. The molecule has 0 unspecified atom stereocenters. The molecule has 3 aliphatic rings. The molecule has 2 aliphatic heterocycles. The predicted molar refractivity (Wildman–Crippen MR) is 123 cm³/mol. The van der Waals surface area contributed by atoms with Crippen molar-refractivity contribution in [3.8, 4) is 28.5 Å². The summed E-state index contributed by atoms with van der Waals surface area (Å²) in [6, 6.07) is 6.38. The van der Waals surface area contributed by atoms with E-state index < -0.39 is 0 Å². The van der Waals surface area contributed by atoms with Crippen LogP contribution < -0.4 is 19.5 Å². The summed E-state index contributed by atoms with van der Waals surface area (Å²) in [7, 11) is 0. The Morgan fingerprint density at radius 2 is 1.75 bits per heavy atom. The zero-order valence-electron chi connectivity index (χ0n) is 18.8. The Balaban J connectivity index is 1.38. The number of nitrogens with one attached hydrogen (secondary N) is 1. The molecule has 0 amide bonds. The average Bonchev–Trinajstić information content (AvgIpc) is 2.85. The molecule has 32 heavy (non-hydrogen) atoms. The second kappa shape index (κ2) is 9.94. The zero-order chi connectivity index (χ0) is 21.8. The van der Waals surface area contributed by atoms with E-state index >= 15 is 0 Å². The second-order valence-electron chi connectivity index (χ2n) is 9.24. The summed E-state index contributed by atoms with van der Waals surface area (Å²) in [6.07, 6.45) is 8.73. The Bertz CT molecular complexity index is 908. The summed E-state index contributed by atoms with van der Waals surface area (Å²) in [6.45, 7) is 5.72. The van der Waals surface area contributed by atoms with Crippen molar-refractivity contribution in [1.29, 1.82) is 0 Å². The van der Waals surface area contributed by atoms with Gasteiger partial charge in [0.25, 0.3) is 0 Å². The highest BCUT2D eigenvalue weighted by Gasteiger charge is 2.22. The maximum atomic E-state index is 6.30. The standard InChI is InChI=1S/C25H33N3O4/c1-17-2-5-20(6-3-17)27-25-26-15-21(19-4-7-22-23(14-19)31-13-12-30-22)24(28-25)32-16-18-8-10-29-11-9-18/h4,7,14-15,17-18,20H,2-3,5-6,8-13,16H2,1H3,(H,26,27,28). The lowest BCUT2D eigenvalue weighted by molar-refractivity contribution is 0.0491. The summed E-state index contributed by atoms with van der Waals surface area (Å²) in [5.74, 6) is 4.09. The SMILES string of the molecule is CC1CCC(Nc2ncc(-c3ccc4c(c3)OCCO4)c(OCC3CCOCC3)n2)CC1. The number of hydrogen-bond donors (Lipinski definition) is 1. The lowest BCUT2D eigenvalue weighted by atomic mass is 9.87. The van der Waals surface area contributed by atoms with Gasteiger partial charge < -0.3 is 24.3 Å². The van der Waals surface area contributed by atoms with E-state index in [-0.39, 0.29) is 0 Å². The van der Waals surface area contributed by atoms with E-state index in [0.717, 1.165) is 67.4 Å². The number of hydrogen-bond acceptors (Lipinski definition) is 7. The van der Waals surface area contributed by atoms with Crippen LogP contribution in [0.3, 0.4) is 0 Å². The van der Waals surface area contributed by atoms with Crippen LogP contribution in [-0.2, 0) is 4.74 Å². The third-order valence-corrected chi connectivity index (χ3v) is 6.75. The van der Waals surface area contributed by atoms with Gasteiger partial charge in [-0.3, -0.25) is 0 Å². The minimum Gasteiger partial charge on any atom is -0.486 e. The van der Waals surface area contributed by atoms with Gasteiger partial charge in [0.15, 0.2) is 11.5 Å². The van der Waals surface area contributed by atoms with E-state index in [4.69, 9.17) is 23.9 Å². The van der Waals surface area contributed by atoms with E-state index in [0.29, 0.717) is 43.6 Å². The number of benzene rings is 1. The van der Waals surface area contributed by atoms with Crippen molar-refractivity contribution in [2.24, 2.45) is 11.8 Å². The van der Waals surface area contributed by atoms with Crippen LogP contribution >= 0.6 is 0 Å². The third-order valence-electron chi connectivity index (χ3n) is 6.75. The van der Waals surface area contributed by atoms with Crippen LogP contribution in [-0.4, -0.2) is 49.0 Å². The maximum absolute atomic E-state index is 6.30.